The molecule has 8 heteroatoms. The number of aryl methyl sites for hydroxylation is 1. The molecular weight excluding hydrogens is 535 g/mol. The van der Waals surface area contributed by atoms with E-state index in [9.17, 15) is 4.79 Å². The van der Waals surface area contributed by atoms with Crippen LogP contribution in [0.4, 0.5) is 4.79 Å². The summed E-state index contributed by atoms with van der Waals surface area (Å²) in [6.45, 7) is 3.01. The van der Waals surface area contributed by atoms with E-state index in [0.717, 1.165) is 25.6 Å². The number of halogens is 4. The molecule has 148 valence electrons. The minimum atomic E-state index is -1.80. The molecule has 28 heavy (non-hydrogen) atoms. The number of hydrogen-bond acceptors (Lipinski definition) is 3. The molecule has 0 spiro atoms. The molecule has 0 saturated carbocycles. The van der Waals surface area contributed by atoms with Crippen molar-refractivity contribution in [1.29, 1.82) is 0 Å². The van der Waals surface area contributed by atoms with Crippen LogP contribution in [0.3, 0.4) is 0 Å². The highest BCUT2D eigenvalue weighted by Gasteiger charge is 2.45. The third-order valence-corrected chi connectivity index (χ3v) is 6.41. The third-order valence-electron chi connectivity index (χ3n) is 4.37. The number of ether oxygens (including phenoxy) is 2. The molecule has 3 rings (SSSR count). The molecule has 0 unspecified atom stereocenters. The van der Waals surface area contributed by atoms with Crippen molar-refractivity contribution in [2.24, 2.45) is 7.05 Å². The van der Waals surface area contributed by atoms with Gasteiger partial charge in [0.2, 0.25) is 9.67 Å². The van der Waals surface area contributed by atoms with Gasteiger partial charge in [-0.25, -0.2) is 4.79 Å². The van der Waals surface area contributed by atoms with Crippen molar-refractivity contribution in [2.75, 3.05) is 0 Å². The second-order valence-corrected chi connectivity index (χ2v) is 10.3. The van der Waals surface area contributed by atoms with Gasteiger partial charge in [-0.3, -0.25) is 0 Å². The van der Waals surface area contributed by atoms with Crippen LogP contribution >= 0.6 is 57.4 Å². The maximum Gasteiger partial charge on any atom is 0.515 e. The van der Waals surface area contributed by atoms with Gasteiger partial charge in [0.1, 0.15) is 0 Å². The van der Waals surface area contributed by atoms with Crippen LogP contribution in [-0.4, -0.2) is 20.1 Å². The average molecular weight is 553 g/mol. The van der Waals surface area contributed by atoms with Gasteiger partial charge in [-0.1, -0.05) is 65.1 Å². The van der Waals surface area contributed by atoms with E-state index >= 15 is 0 Å². The number of fused-ring (bicyclic) bond motifs is 1. The van der Waals surface area contributed by atoms with E-state index < -0.39 is 15.5 Å². The van der Waals surface area contributed by atoms with E-state index in [1.165, 1.54) is 13.8 Å². The summed E-state index contributed by atoms with van der Waals surface area (Å²) in [6.07, 6.45) is -0.950. The lowest BCUT2D eigenvalue weighted by Gasteiger charge is -2.31. The van der Waals surface area contributed by atoms with Crippen LogP contribution in [-0.2, 0) is 11.8 Å². The van der Waals surface area contributed by atoms with Crippen molar-refractivity contribution < 1.29 is 14.3 Å². The SMILES string of the molecule is Cn1c(OC(=O)OC(C)(C)C(Cl)(Cl)Cl)c(-c2ccccc2)c2cc(I)ccc21. The molecule has 1 heterocycles. The maximum absolute atomic E-state index is 12.5. The molecule has 0 N–H and O–H groups in total. The van der Waals surface area contributed by atoms with Crippen molar-refractivity contribution in [3.8, 4) is 17.0 Å². The fraction of sp³-hybridized carbons (Fsp3) is 0.250. The zero-order valence-electron chi connectivity index (χ0n) is 15.3. The average Bonchev–Trinajstić information content (AvgIpc) is 2.85. The topological polar surface area (TPSA) is 40.5 Å². The molecule has 0 aliphatic rings. The fourth-order valence-corrected chi connectivity index (χ4v) is 3.37. The molecule has 0 bridgehead atoms. The Kier molecular flexibility index (Phi) is 6.11. The second kappa shape index (κ2) is 7.94. The van der Waals surface area contributed by atoms with Crippen LogP contribution < -0.4 is 4.74 Å². The predicted molar refractivity (Wildman–Crippen MR) is 123 cm³/mol. The van der Waals surface area contributed by atoms with Gasteiger partial charge < -0.3 is 14.0 Å². The molecular formula is C20H17Cl3INO3. The highest BCUT2D eigenvalue weighted by Crippen LogP contribution is 2.42. The van der Waals surface area contributed by atoms with Crippen molar-refractivity contribution in [2.45, 2.75) is 23.2 Å². The van der Waals surface area contributed by atoms with Crippen molar-refractivity contribution in [3.05, 3.63) is 52.1 Å². The Morgan fingerprint density at radius 2 is 1.71 bits per heavy atom. The van der Waals surface area contributed by atoms with Gasteiger partial charge >= 0.3 is 6.16 Å². The molecule has 0 atom stereocenters. The molecule has 0 radical (unpaired) electrons. The first-order chi connectivity index (χ1) is 13.0. The fourth-order valence-electron chi connectivity index (χ4n) is 2.76. The van der Waals surface area contributed by atoms with Gasteiger partial charge in [-0.05, 0) is 60.2 Å². The quantitative estimate of drug-likeness (QED) is 0.198. The summed E-state index contributed by atoms with van der Waals surface area (Å²) in [5.41, 5.74) is 1.25. The van der Waals surface area contributed by atoms with Gasteiger partial charge in [0.05, 0.1) is 11.1 Å². The molecule has 0 saturated heterocycles. The van der Waals surface area contributed by atoms with Crippen LogP contribution in [0.5, 0.6) is 5.88 Å². The number of hydrogen-bond donors (Lipinski definition) is 0. The summed E-state index contributed by atoms with van der Waals surface area (Å²) in [5, 5.41) is 0.962. The van der Waals surface area contributed by atoms with Crippen LogP contribution in [0.15, 0.2) is 48.5 Å². The summed E-state index contributed by atoms with van der Waals surface area (Å²) in [6, 6.07) is 15.7. The smallest absolute Gasteiger partial charge is 0.423 e. The molecule has 3 aromatic rings. The molecule has 0 amide bonds. The van der Waals surface area contributed by atoms with Crippen molar-refractivity contribution in [1.82, 2.24) is 4.57 Å². The first-order valence-electron chi connectivity index (χ1n) is 8.32. The van der Waals surface area contributed by atoms with E-state index in [1.54, 1.807) is 4.57 Å². The summed E-state index contributed by atoms with van der Waals surface area (Å²) >= 11 is 20.0. The van der Waals surface area contributed by atoms with Gasteiger partial charge in [-0.15, -0.1) is 0 Å². The van der Waals surface area contributed by atoms with Gasteiger partial charge in [0.25, 0.3) is 0 Å². The lowest BCUT2D eigenvalue weighted by molar-refractivity contribution is 0.0103. The summed E-state index contributed by atoms with van der Waals surface area (Å²) in [4.78, 5) is 12.5. The predicted octanol–water partition coefficient (Wildman–Crippen LogP) is 7.11. The van der Waals surface area contributed by atoms with Crippen LogP contribution in [0.1, 0.15) is 13.8 Å². The summed E-state index contributed by atoms with van der Waals surface area (Å²) < 4.78 is 12.0. The Morgan fingerprint density at radius 1 is 1.07 bits per heavy atom. The Morgan fingerprint density at radius 3 is 2.32 bits per heavy atom. The van der Waals surface area contributed by atoms with Crippen molar-refractivity contribution >= 4 is 74.5 Å². The number of aromatic nitrogens is 1. The van der Waals surface area contributed by atoms with Crippen LogP contribution in [0, 0.1) is 3.57 Å². The Bertz CT molecular complexity index is 1030. The van der Waals surface area contributed by atoms with Gasteiger partial charge in [0.15, 0.2) is 5.60 Å². The minimum Gasteiger partial charge on any atom is -0.423 e. The molecule has 0 aliphatic carbocycles. The first kappa shape index (κ1) is 21.6. The lowest BCUT2D eigenvalue weighted by atomic mass is 10.0. The molecule has 2 aromatic carbocycles. The second-order valence-electron chi connectivity index (χ2n) is 6.73. The minimum absolute atomic E-state index is 0.355. The Hall–Kier alpha value is -1.15. The van der Waals surface area contributed by atoms with Crippen LogP contribution in [0.2, 0.25) is 0 Å². The molecule has 0 aliphatic heterocycles. The van der Waals surface area contributed by atoms with Gasteiger partial charge in [0, 0.05) is 16.0 Å². The summed E-state index contributed by atoms with van der Waals surface area (Å²) in [5.74, 6) is 0.355. The van der Waals surface area contributed by atoms with Gasteiger partial charge in [-0.2, -0.15) is 0 Å². The number of carbonyl (C=O) groups excluding carboxylic acids is 1. The molecule has 1 aromatic heterocycles. The number of alkyl halides is 3. The normalized spacial score (nSPS) is 12.2. The first-order valence-corrected chi connectivity index (χ1v) is 10.5. The van der Waals surface area contributed by atoms with E-state index in [4.69, 9.17) is 44.3 Å². The number of rotatable bonds is 3. The monoisotopic (exact) mass is 551 g/mol. The number of benzene rings is 2. The maximum atomic E-state index is 12.5. The van der Waals surface area contributed by atoms with Crippen LogP contribution in [0.25, 0.3) is 22.0 Å². The molecule has 4 nitrogen and oxygen atoms in total. The Balaban J connectivity index is 2.08. The van der Waals surface area contributed by atoms with Crippen molar-refractivity contribution in [3.63, 3.8) is 0 Å². The van der Waals surface area contributed by atoms with E-state index in [-0.39, 0.29) is 0 Å². The third kappa shape index (κ3) is 4.22. The highest BCUT2D eigenvalue weighted by molar-refractivity contribution is 14.1. The zero-order chi connectivity index (χ0) is 20.7. The highest BCUT2D eigenvalue weighted by atomic mass is 127. The standard InChI is InChI=1S/C20H17Cl3INO3/c1-19(2,20(21,22)23)28-18(26)27-17-16(12-7-5-4-6-8-12)14-11-13(24)9-10-15(14)25(17)3/h4-11H,1-3H3. The summed E-state index contributed by atoms with van der Waals surface area (Å²) in [7, 11) is 1.82. The lowest BCUT2D eigenvalue weighted by Crippen LogP contribution is -2.42. The largest absolute Gasteiger partial charge is 0.515 e. The van der Waals surface area contributed by atoms with E-state index in [1.807, 2.05) is 55.6 Å². The van der Waals surface area contributed by atoms with E-state index in [0.29, 0.717) is 5.88 Å². The number of carbonyl (C=O) groups is 1. The Labute approximate surface area is 191 Å². The zero-order valence-corrected chi connectivity index (χ0v) is 19.7. The van der Waals surface area contributed by atoms with E-state index in [2.05, 4.69) is 22.6 Å². The molecule has 0 fully saturated rings. The number of nitrogens with zero attached hydrogens (tertiary/aromatic N) is 1.